The van der Waals surface area contributed by atoms with Gasteiger partial charge in [-0.3, -0.25) is 4.90 Å². The summed E-state index contributed by atoms with van der Waals surface area (Å²) in [5, 5.41) is 9.76. The summed E-state index contributed by atoms with van der Waals surface area (Å²) in [5.74, 6) is 2.01. The standard InChI is InChI=1S/C24H21NO3/c26-22-8-4-7-18(11-22)21-10-19-9-20-14-25(13-17-5-2-1-3-6-17)16-28-24(20)12-23(19)27-15-21/h1-12,26H,13-16H2. The molecular formula is C24H21NO3. The lowest BCUT2D eigenvalue weighted by atomic mass is 9.98. The average molecular weight is 371 g/mol. The first-order valence-corrected chi connectivity index (χ1v) is 9.43. The normalized spacial score (nSPS) is 15.6. The Labute approximate surface area is 164 Å². The molecular weight excluding hydrogens is 350 g/mol. The number of nitrogens with zero attached hydrogens (tertiary/aromatic N) is 1. The van der Waals surface area contributed by atoms with Crippen molar-refractivity contribution in [2.24, 2.45) is 0 Å². The van der Waals surface area contributed by atoms with Crippen molar-refractivity contribution in [2.45, 2.75) is 13.1 Å². The Morgan fingerprint density at radius 1 is 0.893 bits per heavy atom. The van der Waals surface area contributed by atoms with Crippen LogP contribution in [-0.4, -0.2) is 23.3 Å². The number of phenols is 1. The molecule has 0 aromatic heterocycles. The number of hydrogen-bond donors (Lipinski definition) is 1. The van der Waals surface area contributed by atoms with Gasteiger partial charge in [-0.25, -0.2) is 0 Å². The van der Waals surface area contributed by atoms with Crippen LogP contribution in [-0.2, 0) is 13.1 Å². The van der Waals surface area contributed by atoms with Crippen molar-refractivity contribution in [3.8, 4) is 17.2 Å². The quantitative estimate of drug-likeness (QED) is 0.726. The van der Waals surface area contributed by atoms with Crippen molar-refractivity contribution in [3.05, 3.63) is 89.0 Å². The SMILES string of the molecule is Oc1cccc(C2=Cc3cc4c(cc3OC2)OCN(Cc2ccccc2)C4)c1. The molecule has 4 heteroatoms. The average Bonchev–Trinajstić information content (AvgIpc) is 2.72. The summed E-state index contributed by atoms with van der Waals surface area (Å²) in [6.07, 6.45) is 2.14. The molecule has 3 aromatic carbocycles. The third kappa shape index (κ3) is 3.35. The summed E-state index contributed by atoms with van der Waals surface area (Å²) in [4.78, 5) is 2.29. The van der Waals surface area contributed by atoms with E-state index >= 15 is 0 Å². The highest BCUT2D eigenvalue weighted by Crippen LogP contribution is 2.38. The molecule has 2 aliphatic heterocycles. The first kappa shape index (κ1) is 16.9. The van der Waals surface area contributed by atoms with Gasteiger partial charge in [0.15, 0.2) is 0 Å². The molecule has 2 aliphatic rings. The van der Waals surface area contributed by atoms with Crippen LogP contribution in [0.15, 0.2) is 66.7 Å². The molecule has 0 radical (unpaired) electrons. The van der Waals surface area contributed by atoms with Gasteiger partial charge in [0.1, 0.15) is 30.6 Å². The molecule has 0 aliphatic carbocycles. The highest BCUT2D eigenvalue weighted by Gasteiger charge is 2.22. The number of fused-ring (bicyclic) bond motifs is 2. The second-order valence-electron chi connectivity index (χ2n) is 7.25. The van der Waals surface area contributed by atoms with E-state index in [0.29, 0.717) is 13.3 Å². The van der Waals surface area contributed by atoms with Crippen LogP contribution in [0.5, 0.6) is 17.2 Å². The van der Waals surface area contributed by atoms with Crippen molar-refractivity contribution in [3.63, 3.8) is 0 Å². The third-order valence-corrected chi connectivity index (χ3v) is 5.17. The van der Waals surface area contributed by atoms with Gasteiger partial charge in [-0.05, 0) is 41.0 Å². The lowest BCUT2D eigenvalue weighted by molar-refractivity contribution is 0.0883. The fourth-order valence-electron chi connectivity index (χ4n) is 3.77. The van der Waals surface area contributed by atoms with E-state index in [2.05, 4.69) is 41.3 Å². The van der Waals surface area contributed by atoms with Gasteiger partial charge in [-0.15, -0.1) is 0 Å². The van der Waals surface area contributed by atoms with Crippen molar-refractivity contribution in [1.29, 1.82) is 0 Å². The lowest BCUT2D eigenvalue weighted by Crippen LogP contribution is -2.31. The molecule has 5 rings (SSSR count). The van der Waals surface area contributed by atoms with Gasteiger partial charge in [-0.1, -0.05) is 42.5 Å². The Morgan fingerprint density at radius 3 is 2.64 bits per heavy atom. The summed E-state index contributed by atoms with van der Waals surface area (Å²) in [7, 11) is 0. The largest absolute Gasteiger partial charge is 0.508 e. The Kier molecular flexibility index (Phi) is 4.26. The minimum absolute atomic E-state index is 0.264. The van der Waals surface area contributed by atoms with Gasteiger partial charge in [0, 0.05) is 30.3 Å². The van der Waals surface area contributed by atoms with Crippen LogP contribution in [0.1, 0.15) is 22.3 Å². The van der Waals surface area contributed by atoms with Crippen molar-refractivity contribution in [2.75, 3.05) is 13.3 Å². The Bertz CT molecular complexity index is 1040. The molecule has 4 nitrogen and oxygen atoms in total. The number of ether oxygens (including phenoxy) is 2. The highest BCUT2D eigenvalue weighted by molar-refractivity contribution is 5.86. The zero-order chi connectivity index (χ0) is 18.9. The van der Waals surface area contributed by atoms with E-state index in [-0.39, 0.29) is 5.75 Å². The van der Waals surface area contributed by atoms with Crippen LogP contribution in [0.4, 0.5) is 0 Å². The maximum absolute atomic E-state index is 9.76. The molecule has 140 valence electrons. The van der Waals surface area contributed by atoms with E-state index in [1.807, 2.05) is 24.3 Å². The fraction of sp³-hybridized carbons (Fsp3) is 0.167. The van der Waals surface area contributed by atoms with Gasteiger partial charge < -0.3 is 14.6 Å². The first-order valence-electron chi connectivity index (χ1n) is 9.43. The maximum Gasteiger partial charge on any atom is 0.142 e. The van der Waals surface area contributed by atoms with E-state index in [4.69, 9.17) is 9.47 Å². The Balaban J connectivity index is 1.41. The summed E-state index contributed by atoms with van der Waals surface area (Å²) in [6.45, 7) is 2.76. The molecule has 0 bridgehead atoms. The molecule has 0 spiro atoms. The van der Waals surface area contributed by atoms with Crippen LogP contribution in [0.3, 0.4) is 0 Å². The van der Waals surface area contributed by atoms with Crippen LogP contribution >= 0.6 is 0 Å². The fourth-order valence-corrected chi connectivity index (χ4v) is 3.77. The maximum atomic E-state index is 9.76. The van der Waals surface area contributed by atoms with Gasteiger partial charge in [0.25, 0.3) is 0 Å². The first-order chi connectivity index (χ1) is 13.7. The predicted octanol–water partition coefficient (Wildman–Crippen LogP) is 4.68. The van der Waals surface area contributed by atoms with Gasteiger partial charge in [0.2, 0.25) is 0 Å². The van der Waals surface area contributed by atoms with E-state index in [1.165, 1.54) is 5.56 Å². The number of hydrogen-bond acceptors (Lipinski definition) is 4. The summed E-state index contributed by atoms with van der Waals surface area (Å²) < 4.78 is 12.0. The third-order valence-electron chi connectivity index (χ3n) is 5.17. The van der Waals surface area contributed by atoms with Gasteiger partial charge in [0.05, 0.1) is 0 Å². The van der Waals surface area contributed by atoms with Crippen LogP contribution < -0.4 is 9.47 Å². The minimum atomic E-state index is 0.264. The zero-order valence-electron chi connectivity index (χ0n) is 15.5. The molecule has 1 N–H and O–H groups in total. The smallest absolute Gasteiger partial charge is 0.142 e. The van der Waals surface area contributed by atoms with Crippen LogP contribution in [0, 0.1) is 0 Å². The Hall–Kier alpha value is -3.24. The van der Waals surface area contributed by atoms with E-state index in [9.17, 15) is 5.11 Å². The topological polar surface area (TPSA) is 41.9 Å². The molecule has 0 atom stereocenters. The van der Waals surface area contributed by atoms with Gasteiger partial charge >= 0.3 is 0 Å². The summed E-state index contributed by atoms with van der Waals surface area (Å²) >= 11 is 0. The number of phenolic OH excluding ortho intramolecular Hbond substituents is 1. The molecule has 2 heterocycles. The number of benzene rings is 3. The summed E-state index contributed by atoms with van der Waals surface area (Å²) in [5.41, 5.74) is 5.53. The number of aromatic hydroxyl groups is 1. The van der Waals surface area contributed by atoms with Crippen molar-refractivity contribution >= 4 is 11.6 Å². The molecule has 3 aromatic rings. The van der Waals surface area contributed by atoms with Gasteiger partial charge in [-0.2, -0.15) is 0 Å². The molecule has 0 fully saturated rings. The predicted molar refractivity (Wildman–Crippen MR) is 109 cm³/mol. The minimum Gasteiger partial charge on any atom is -0.508 e. The van der Waals surface area contributed by atoms with E-state index < -0.39 is 0 Å². The second kappa shape index (κ2) is 7.06. The Morgan fingerprint density at radius 2 is 1.79 bits per heavy atom. The van der Waals surface area contributed by atoms with Crippen LogP contribution in [0.25, 0.3) is 11.6 Å². The van der Waals surface area contributed by atoms with E-state index in [1.54, 1.807) is 12.1 Å². The summed E-state index contributed by atoms with van der Waals surface area (Å²) in [6, 6.07) is 21.9. The molecule has 0 saturated heterocycles. The molecule has 28 heavy (non-hydrogen) atoms. The molecule has 0 saturated carbocycles. The highest BCUT2D eigenvalue weighted by atomic mass is 16.5. The monoisotopic (exact) mass is 371 g/mol. The zero-order valence-corrected chi connectivity index (χ0v) is 15.5. The molecule has 0 unspecified atom stereocenters. The van der Waals surface area contributed by atoms with Crippen molar-refractivity contribution < 1.29 is 14.6 Å². The second-order valence-corrected chi connectivity index (χ2v) is 7.25. The van der Waals surface area contributed by atoms with Crippen LogP contribution in [0.2, 0.25) is 0 Å². The number of rotatable bonds is 3. The lowest BCUT2D eigenvalue weighted by Gasteiger charge is -2.30. The molecule has 0 amide bonds. The van der Waals surface area contributed by atoms with Crippen molar-refractivity contribution in [1.82, 2.24) is 4.90 Å². The van der Waals surface area contributed by atoms with E-state index in [0.717, 1.165) is 46.9 Å².